The first-order chi connectivity index (χ1) is 10.3. The van der Waals surface area contributed by atoms with Crippen LogP contribution in [-0.4, -0.2) is 37.1 Å². The van der Waals surface area contributed by atoms with E-state index in [1.54, 1.807) is 17.0 Å². The maximum Gasteiger partial charge on any atom is 0.257 e. The van der Waals surface area contributed by atoms with Crippen LogP contribution in [0.4, 0.5) is 0 Å². The number of carbonyl (C=O) groups is 1. The van der Waals surface area contributed by atoms with Crippen molar-refractivity contribution in [3.63, 3.8) is 0 Å². The van der Waals surface area contributed by atoms with E-state index in [1.807, 2.05) is 6.07 Å². The normalized spacial score (nSPS) is 16.1. The zero-order valence-corrected chi connectivity index (χ0v) is 11.9. The fourth-order valence-electron chi connectivity index (χ4n) is 2.49. The van der Waals surface area contributed by atoms with E-state index in [4.69, 9.17) is 14.7 Å². The minimum absolute atomic E-state index is 0.0699. The second-order valence-electron chi connectivity index (χ2n) is 5.43. The molecule has 1 aliphatic heterocycles. The number of rotatable bonds is 5. The first kappa shape index (κ1) is 13.7. The highest BCUT2D eigenvalue weighted by Gasteiger charge is 2.29. The van der Waals surface area contributed by atoms with Crippen LogP contribution in [0.25, 0.3) is 0 Å². The van der Waals surface area contributed by atoms with Crippen molar-refractivity contribution in [1.82, 2.24) is 4.90 Å². The summed E-state index contributed by atoms with van der Waals surface area (Å²) in [6, 6.07) is 7.49. The standard InChI is InChI=1S/C16H18N2O3/c17-7-2-8-18(11-12-5-6-12)16(19)13-3-1-4-14-15(13)21-10-9-20-14/h1,3-4,12H,2,5-6,8-11H2. The molecule has 2 aliphatic rings. The summed E-state index contributed by atoms with van der Waals surface area (Å²) in [5.74, 6) is 1.68. The Morgan fingerprint density at radius 3 is 2.90 bits per heavy atom. The van der Waals surface area contributed by atoms with E-state index in [0.717, 1.165) is 6.54 Å². The van der Waals surface area contributed by atoms with Gasteiger partial charge >= 0.3 is 0 Å². The molecule has 0 atom stereocenters. The summed E-state index contributed by atoms with van der Waals surface area (Å²) >= 11 is 0. The van der Waals surface area contributed by atoms with E-state index >= 15 is 0 Å². The third-order valence-corrected chi connectivity index (χ3v) is 3.75. The van der Waals surface area contributed by atoms with Crippen molar-refractivity contribution in [2.24, 2.45) is 5.92 Å². The molecule has 0 radical (unpaired) electrons. The lowest BCUT2D eigenvalue weighted by Gasteiger charge is -2.25. The van der Waals surface area contributed by atoms with Crippen LogP contribution in [0.1, 0.15) is 29.6 Å². The molecule has 5 heteroatoms. The summed E-state index contributed by atoms with van der Waals surface area (Å²) in [6.07, 6.45) is 2.69. The van der Waals surface area contributed by atoms with Crippen molar-refractivity contribution >= 4 is 5.91 Å². The average molecular weight is 286 g/mol. The summed E-state index contributed by atoms with van der Waals surface area (Å²) in [5, 5.41) is 8.78. The molecule has 5 nitrogen and oxygen atoms in total. The quantitative estimate of drug-likeness (QED) is 0.832. The number of nitrogens with zero attached hydrogens (tertiary/aromatic N) is 2. The third kappa shape index (κ3) is 3.10. The molecular weight excluding hydrogens is 268 g/mol. The van der Waals surface area contributed by atoms with Crippen molar-refractivity contribution < 1.29 is 14.3 Å². The summed E-state index contributed by atoms with van der Waals surface area (Å²) < 4.78 is 11.1. The molecule has 0 aromatic heterocycles. The van der Waals surface area contributed by atoms with Gasteiger partial charge in [-0.25, -0.2) is 0 Å². The lowest BCUT2D eigenvalue weighted by molar-refractivity contribution is 0.0741. The van der Waals surface area contributed by atoms with Crippen LogP contribution in [-0.2, 0) is 0 Å². The van der Waals surface area contributed by atoms with Gasteiger partial charge in [0.15, 0.2) is 11.5 Å². The zero-order valence-electron chi connectivity index (χ0n) is 11.9. The number of benzene rings is 1. The fraction of sp³-hybridized carbons (Fsp3) is 0.500. The number of carbonyl (C=O) groups excluding carboxylic acids is 1. The predicted molar refractivity (Wildman–Crippen MR) is 76.3 cm³/mol. The van der Waals surface area contributed by atoms with Crippen molar-refractivity contribution in [3.8, 4) is 17.6 Å². The largest absolute Gasteiger partial charge is 0.486 e. The van der Waals surface area contributed by atoms with Crippen LogP contribution in [0.3, 0.4) is 0 Å². The molecule has 110 valence electrons. The van der Waals surface area contributed by atoms with Crippen LogP contribution >= 0.6 is 0 Å². The van der Waals surface area contributed by atoms with Gasteiger partial charge in [-0.05, 0) is 30.9 Å². The second-order valence-corrected chi connectivity index (χ2v) is 5.43. The number of amides is 1. The molecule has 0 unspecified atom stereocenters. The summed E-state index contributed by atoms with van der Waals surface area (Å²) in [4.78, 5) is 14.5. The molecule has 1 aromatic rings. The Morgan fingerprint density at radius 1 is 1.33 bits per heavy atom. The van der Waals surface area contributed by atoms with Gasteiger partial charge in [0.2, 0.25) is 0 Å². The van der Waals surface area contributed by atoms with Gasteiger partial charge in [-0.15, -0.1) is 0 Å². The highest BCUT2D eigenvalue weighted by molar-refractivity contribution is 5.98. The first-order valence-corrected chi connectivity index (χ1v) is 7.34. The number of hydrogen-bond donors (Lipinski definition) is 0. The van der Waals surface area contributed by atoms with Gasteiger partial charge in [0.05, 0.1) is 18.1 Å². The van der Waals surface area contributed by atoms with Gasteiger partial charge in [-0.1, -0.05) is 6.07 Å². The van der Waals surface area contributed by atoms with E-state index in [9.17, 15) is 4.79 Å². The minimum Gasteiger partial charge on any atom is -0.486 e. The molecule has 1 heterocycles. The molecule has 1 amide bonds. The van der Waals surface area contributed by atoms with E-state index in [1.165, 1.54) is 12.8 Å². The minimum atomic E-state index is -0.0699. The summed E-state index contributed by atoms with van der Waals surface area (Å²) in [5.41, 5.74) is 0.533. The van der Waals surface area contributed by atoms with E-state index < -0.39 is 0 Å². The van der Waals surface area contributed by atoms with Crippen molar-refractivity contribution in [3.05, 3.63) is 23.8 Å². The smallest absolute Gasteiger partial charge is 0.257 e. The summed E-state index contributed by atoms with van der Waals surface area (Å²) in [6.45, 7) is 2.16. The fourth-order valence-corrected chi connectivity index (χ4v) is 2.49. The second kappa shape index (κ2) is 6.04. The van der Waals surface area contributed by atoms with E-state index in [2.05, 4.69) is 6.07 Å². The molecule has 3 rings (SSSR count). The first-order valence-electron chi connectivity index (χ1n) is 7.34. The Labute approximate surface area is 124 Å². The van der Waals surface area contributed by atoms with Gasteiger partial charge in [-0.3, -0.25) is 4.79 Å². The maximum atomic E-state index is 12.8. The predicted octanol–water partition coefficient (Wildman–Crippen LogP) is 2.22. The third-order valence-electron chi connectivity index (χ3n) is 3.75. The van der Waals surface area contributed by atoms with Crippen LogP contribution < -0.4 is 9.47 Å². The Kier molecular flexibility index (Phi) is 3.96. The average Bonchev–Trinajstić information content (AvgIpc) is 3.34. The van der Waals surface area contributed by atoms with Gasteiger partial charge in [0.25, 0.3) is 5.91 Å². The topological polar surface area (TPSA) is 62.6 Å². The molecule has 0 N–H and O–H groups in total. The van der Waals surface area contributed by atoms with Crippen LogP contribution in [0.15, 0.2) is 18.2 Å². The molecule has 1 aromatic carbocycles. The van der Waals surface area contributed by atoms with Crippen molar-refractivity contribution in [2.75, 3.05) is 26.3 Å². The van der Waals surface area contributed by atoms with Crippen molar-refractivity contribution in [2.45, 2.75) is 19.3 Å². The molecular formula is C16H18N2O3. The Balaban J connectivity index is 1.83. The van der Waals surface area contributed by atoms with Gasteiger partial charge in [0.1, 0.15) is 13.2 Å². The Hall–Kier alpha value is -2.22. The number of hydrogen-bond acceptors (Lipinski definition) is 4. The molecule has 0 saturated heterocycles. The van der Waals surface area contributed by atoms with Crippen LogP contribution in [0, 0.1) is 17.2 Å². The van der Waals surface area contributed by atoms with Crippen molar-refractivity contribution in [1.29, 1.82) is 5.26 Å². The number of para-hydroxylation sites is 1. The number of fused-ring (bicyclic) bond motifs is 1. The SMILES string of the molecule is N#CCCN(CC1CC1)C(=O)c1cccc2c1OCCO2. The van der Waals surface area contributed by atoms with Gasteiger partial charge in [-0.2, -0.15) is 5.26 Å². The molecule has 21 heavy (non-hydrogen) atoms. The van der Waals surface area contributed by atoms with Crippen LogP contribution in [0.2, 0.25) is 0 Å². The molecule has 0 bridgehead atoms. The number of ether oxygens (including phenoxy) is 2. The lowest BCUT2D eigenvalue weighted by atomic mass is 10.1. The molecule has 0 spiro atoms. The van der Waals surface area contributed by atoms with E-state index in [0.29, 0.717) is 49.2 Å². The zero-order chi connectivity index (χ0) is 14.7. The molecule has 1 fully saturated rings. The number of nitriles is 1. The van der Waals surface area contributed by atoms with Gasteiger partial charge < -0.3 is 14.4 Å². The Bertz CT molecular complexity index is 575. The van der Waals surface area contributed by atoms with E-state index in [-0.39, 0.29) is 5.91 Å². The van der Waals surface area contributed by atoms with Crippen LogP contribution in [0.5, 0.6) is 11.5 Å². The summed E-state index contributed by atoms with van der Waals surface area (Å²) in [7, 11) is 0. The monoisotopic (exact) mass is 286 g/mol. The van der Waals surface area contributed by atoms with Gasteiger partial charge in [0, 0.05) is 13.1 Å². The maximum absolute atomic E-state index is 12.8. The highest BCUT2D eigenvalue weighted by atomic mass is 16.6. The Morgan fingerprint density at radius 2 is 2.14 bits per heavy atom. The molecule has 1 saturated carbocycles. The molecule has 1 aliphatic carbocycles. The highest BCUT2D eigenvalue weighted by Crippen LogP contribution is 2.35. The lowest BCUT2D eigenvalue weighted by Crippen LogP contribution is -2.34.